The molecule has 20 heavy (non-hydrogen) atoms. The molecule has 4 nitrogen and oxygen atoms in total. The Bertz CT molecular complexity index is 410. The monoisotopic (exact) mass is 299 g/mol. The summed E-state index contributed by atoms with van der Waals surface area (Å²) in [5.41, 5.74) is 0.882. The molecule has 5 heteroatoms. The van der Waals surface area contributed by atoms with E-state index in [2.05, 4.69) is 5.32 Å². The standard InChI is InChI=1S/C15H22ClNO3/c1-12(2)20-9-5-8-17-15(18)11-19-10-13-6-3-4-7-14(13)16/h3-4,6-7,12H,5,8-11H2,1-2H3,(H,17,18). The van der Waals surface area contributed by atoms with Crippen LogP contribution >= 0.6 is 11.6 Å². The zero-order valence-corrected chi connectivity index (χ0v) is 12.8. The molecule has 0 fully saturated rings. The van der Waals surface area contributed by atoms with E-state index in [1.807, 2.05) is 32.0 Å². The van der Waals surface area contributed by atoms with Gasteiger partial charge in [-0.1, -0.05) is 29.8 Å². The summed E-state index contributed by atoms with van der Waals surface area (Å²) in [4.78, 5) is 11.5. The Hall–Kier alpha value is -1.10. The van der Waals surface area contributed by atoms with Crippen LogP contribution in [0.2, 0.25) is 5.02 Å². The Labute approximate surface area is 125 Å². The van der Waals surface area contributed by atoms with Crippen molar-refractivity contribution in [2.24, 2.45) is 0 Å². The van der Waals surface area contributed by atoms with Gasteiger partial charge in [-0.25, -0.2) is 0 Å². The predicted molar refractivity (Wildman–Crippen MR) is 79.8 cm³/mol. The van der Waals surface area contributed by atoms with Crippen LogP contribution in [0.15, 0.2) is 24.3 Å². The Morgan fingerprint density at radius 1 is 1.35 bits per heavy atom. The molecule has 1 amide bonds. The first-order valence-corrected chi connectivity index (χ1v) is 7.17. The zero-order valence-electron chi connectivity index (χ0n) is 12.0. The van der Waals surface area contributed by atoms with Crippen molar-refractivity contribution in [1.82, 2.24) is 5.32 Å². The van der Waals surface area contributed by atoms with E-state index in [4.69, 9.17) is 21.1 Å². The summed E-state index contributed by atoms with van der Waals surface area (Å²) in [6.45, 7) is 5.60. The molecule has 0 aromatic heterocycles. The highest BCUT2D eigenvalue weighted by atomic mass is 35.5. The summed E-state index contributed by atoms with van der Waals surface area (Å²) in [6, 6.07) is 7.43. The van der Waals surface area contributed by atoms with Crippen LogP contribution in [0.25, 0.3) is 0 Å². The number of amides is 1. The van der Waals surface area contributed by atoms with E-state index in [0.717, 1.165) is 12.0 Å². The molecule has 0 saturated carbocycles. The fourth-order valence-electron chi connectivity index (χ4n) is 1.54. The Balaban J connectivity index is 2.07. The zero-order chi connectivity index (χ0) is 14.8. The number of hydrogen-bond donors (Lipinski definition) is 1. The van der Waals surface area contributed by atoms with Crippen molar-refractivity contribution in [3.8, 4) is 0 Å². The second-order valence-corrected chi connectivity index (χ2v) is 5.11. The van der Waals surface area contributed by atoms with E-state index in [1.54, 1.807) is 6.07 Å². The molecule has 1 aromatic carbocycles. The van der Waals surface area contributed by atoms with Crippen molar-refractivity contribution in [1.29, 1.82) is 0 Å². The molecule has 1 rings (SSSR count). The van der Waals surface area contributed by atoms with E-state index >= 15 is 0 Å². The number of halogens is 1. The normalized spacial score (nSPS) is 10.8. The molecule has 0 atom stereocenters. The number of carbonyl (C=O) groups excluding carboxylic acids is 1. The Morgan fingerprint density at radius 2 is 2.10 bits per heavy atom. The third-order valence-electron chi connectivity index (χ3n) is 2.54. The average Bonchev–Trinajstić information content (AvgIpc) is 2.40. The second kappa shape index (κ2) is 9.75. The van der Waals surface area contributed by atoms with Gasteiger partial charge in [0.25, 0.3) is 0 Å². The van der Waals surface area contributed by atoms with E-state index in [0.29, 0.717) is 24.8 Å². The first-order valence-electron chi connectivity index (χ1n) is 6.79. The molecular formula is C15H22ClNO3. The van der Waals surface area contributed by atoms with Crippen LogP contribution in [0, 0.1) is 0 Å². The van der Waals surface area contributed by atoms with E-state index in [9.17, 15) is 4.79 Å². The molecule has 112 valence electrons. The minimum Gasteiger partial charge on any atom is -0.379 e. The van der Waals surface area contributed by atoms with E-state index in [1.165, 1.54) is 0 Å². The van der Waals surface area contributed by atoms with Crippen molar-refractivity contribution in [3.63, 3.8) is 0 Å². The van der Waals surface area contributed by atoms with Crippen LogP contribution in [0.1, 0.15) is 25.8 Å². The molecule has 0 bridgehead atoms. The largest absolute Gasteiger partial charge is 0.379 e. The predicted octanol–water partition coefficient (Wildman–Crippen LogP) is 2.79. The molecule has 0 unspecified atom stereocenters. The molecule has 0 saturated heterocycles. The minimum atomic E-state index is -0.124. The molecule has 0 heterocycles. The van der Waals surface area contributed by atoms with Gasteiger partial charge in [0, 0.05) is 18.2 Å². The van der Waals surface area contributed by atoms with Gasteiger partial charge in [0.15, 0.2) is 0 Å². The van der Waals surface area contributed by atoms with E-state index in [-0.39, 0.29) is 18.6 Å². The quantitative estimate of drug-likeness (QED) is 0.713. The molecule has 0 radical (unpaired) electrons. The van der Waals surface area contributed by atoms with Crippen molar-refractivity contribution < 1.29 is 14.3 Å². The second-order valence-electron chi connectivity index (χ2n) is 4.71. The maximum Gasteiger partial charge on any atom is 0.246 e. The number of ether oxygens (including phenoxy) is 2. The van der Waals surface area contributed by atoms with Gasteiger partial charge in [-0.2, -0.15) is 0 Å². The summed E-state index contributed by atoms with van der Waals surface area (Å²) in [6.07, 6.45) is 1.03. The van der Waals surface area contributed by atoms with Crippen LogP contribution < -0.4 is 5.32 Å². The molecule has 0 aliphatic rings. The van der Waals surface area contributed by atoms with E-state index < -0.39 is 0 Å². The summed E-state index contributed by atoms with van der Waals surface area (Å²) >= 11 is 5.99. The highest BCUT2D eigenvalue weighted by Gasteiger charge is 2.03. The number of hydrogen-bond acceptors (Lipinski definition) is 3. The van der Waals surface area contributed by atoms with Crippen molar-refractivity contribution in [2.75, 3.05) is 19.8 Å². The lowest BCUT2D eigenvalue weighted by atomic mass is 10.2. The summed E-state index contributed by atoms with van der Waals surface area (Å²) in [5.74, 6) is -0.124. The first-order chi connectivity index (χ1) is 9.59. The molecule has 0 aliphatic heterocycles. The lowest BCUT2D eigenvalue weighted by molar-refractivity contribution is -0.126. The van der Waals surface area contributed by atoms with Crippen molar-refractivity contribution in [2.45, 2.75) is 33.0 Å². The number of rotatable bonds is 9. The lowest BCUT2D eigenvalue weighted by Gasteiger charge is -2.09. The maximum atomic E-state index is 11.5. The SMILES string of the molecule is CC(C)OCCCNC(=O)COCc1ccccc1Cl. The summed E-state index contributed by atoms with van der Waals surface area (Å²) in [7, 11) is 0. The van der Waals surface area contributed by atoms with Crippen molar-refractivity contribution in [3.05, 3.63) is 34.9 Å². The number of benzene rings is 1. The van der Waals surface area contributed by atoms with Gasteiger partial charge in [0.1, 0.15) is 6.61 Å². The number of nitrogens with one attached hydrogen (secondary N) is 1. The van der Waals surface area contributed by atoms with Crippen LogP contribution in [0.3, 0.4) is 0 Å². The van der Waals surface area contributed by atoms with Crippen molar-refractivity contribution >= 4 is 17.5 Å². The third-order valence-corrected chi connectivity index (χ3v) is 2.91. The fraction of sp³-hybridized carbons (Fsp3) is 0.533. The van der Waals surface area contributed by atoms with Crippen LogP contribution in [0.5, 0.6) is 0 Å². The van der Waals surface area contributed by atoms with Crippen LogP contribution in [-0.2, 0) is 20.9 Å². The molecule has 1 aromatic rings. The van der Waals surface area contributed by atoms with Crippen LogP contribution in [-0.4, -0.2) is 31.8 Å². The van der Waals surface area contributed by atoms with Gasteiger partial charge in [-0.3, -0.25) is 4.79 Å². The van der Waals surface area contributed by atoms with Gasteiger partial charge >= 0.3 is 0 Å². The Kier molecular flexibility index (Phi) is 8.26. The summed E-state index contributed by atoms with van der Waals surface area (Å²) < 4.78 is 10.7. The van der Waals surface area contributed by atoms with Gasteiger partial charge < -0.3 is 14.8 Å². The maximum absolute atomic E-state index is 11.5. The van der Waals surface area contributed by atoms with Gasteiger partial charge in [-0.05, 0) is 31.9 Å². The highest BCUT2D eigenvalue weighted by Crippen LogP contribution is 2.15. The molecule has 0 spiro atoms. The highest BCUT2D eigenvalue weighted by molar-refractivity contribution is 6.31. The first kappa shape index (κ1) is 17.0. The van der Waals surface area contributed by atoms with Crippen LogP contribution in [0.4, 0.5) is 0 Å². The fourth-order valence-corrected chi connectivity index (χ4v) is 1.73. The average molecular weight is 300 g/mol. The molecule has 0 aliphatic carbocycles. The topological polar surface area (TPSA) is 47.6 Å². The number of carbonyl (C=O) groups is 1. The summed E-state index contributed by atoms with van der Waals surface area (Å²) in [5, 5.41) is 3.43. The molecular weight excluding hydrogens is 278 g/mol. The third kappa shape index (κ3) is 7.48. The van der Waals surface area contributed by atoms with Gasteiger partial charge in [-0.15, -0.1) is 0 Å². The Morgan fingerprint density at radius 3 is 2.80 bits per heavy atom. The van der Waals surface area contributed by atoms with Gasteiger partial charge in [0.2, 0.25) is 5.91 Å². The smallest absolute Gasteiger partial charge is 0.246 e. The molecule has 1 N–H and O–H groups in total. The lowest BCUT2D eigenvalue weighted by Crippen LogP contribution is -2.29. The minimum absolute atomic E-state index is 0.0380. The van der Waals surface area contributed by atoms with Gasteiger partial charge in [0.05, 0.1) is 12.7 Å².